The molecule has 2 aromatic heterocycles. The van der Waals surface area contributed by atoms with Gasteiger partial charge >= 0.3 is 0 Å². The van der Waals surface area contributed by atoms with E-state index in [1.807, 2.05) is 0 Å². The highest BCUT2D eigenvalue weighted by Crippen LogP contribution is 2.37. The molecular weight excluding hydrogens is 322 g/mol. The first kappa shape index (κ1) is 14.5. The molecule has 3 nitrogen and oxygen atoms in total. The molecule has 2 heterocycles. The van der Waals surface area contributed by atoms with Gasteiger partial charge in [-0.05, 0) is 28.3 Å². The summed E-state index contributed by atoms with van der Waals surface area (Å²) in [4.78, 5) is 8.90. The van der Waals surface area contributed by atoms with Gasteiger partial charge in [-0.25, -0.2) is 9.97 Å². The second-order valence-electron chi connectivity index (χ2n) is 4.70. The molecule has 0 atom stereocenters. The predicted octanol–water partition coefficient (Wildman–Crippen LogP) is 4.91. The fraction of sp³-hybridized carbons (Fsp3) is 0.429. The first-order valence-electron chi connectivity index (χ1n) is 6.46. The third kappa shape index (κ3) is 3.15. The maximum absolute atomic E-state index is 4.50. The topological polar surface area (TPSA) is 37.8 Å². The minimum Gasteiger partial charge on any atom is -0.370 e. The minimum atomic E-state index is 0.377. The summed E-state index contributed by atoms with van der Waals surface area (Å²) in [6.07, 6.45) is 2.72. The smallest absolute Gasteiger partial charge is 0.133 e. The molecule has 2 aromatic rings. The number of hydrogen-bond acceptors (Lipinski definition) is 4. The third-order valence-corrected chi connectivity index (χ3v) is 4.58. The maximum Gasteiger partial charge on any atom is 0.133 e. The van der Waals surface area contributed by atoms with Gasteiger partial charge in [0.05, 0.1) is 5.69 Å². The monoisotopic (exact) mass is 339 g/mol. The summed E-state index contributed by atoms with van der Waals surface area (Å²) in [6.45, 7) is 7.44. The van der Waals surface area contributed by atoms with E-state index in [9.17, 15) is 0 Å². The summed E-state index contributed by atoms with van der Waals surface area (Å²) >= 11 is 5.27. The summed E-state index contributed by atoms with van der Waals surface area (Å²) < 4.78 is 1.10. The van der Waals surface area contributed by atoms with Gasteiger partial charge in [0.25, 0.3) is 0 Å². The number of rotatable bonds is 5. The van der Waals surface area contributed by atoms with Gasteiger partial charge in [-0.1, -0.05) is 20.8 Å². The van der Waals surface area contributed by atoms with Gasteiger partial charge in [-0.15, -0.1) is 0 Å². The Hall–Kier alpha value is -0.940. The highest BCUT2D eigenvalue weighted by molar-refractivity contribution is 9.10. The SMILES string of the molecule is CCCNc1ncnc(-c2cscc2Br)c1C(C)C. The van der Waals surface area contributed by atoms with Crippen molar-refractivity contribution in [3.8, 4) is 11.3 Å². The zero-order valence-corrected chi connectivity index (χ0v) is 13.8. The lowest BCUT2D eigenvalue weighted by Gasteiger charge is -2.16. The van der Waals surface area contributed by atoms with Crippen LogP contribution in [0.25, 0.3) is 11.3 Å². The molecular formula is C14H18BrN3S. The lowest BCUT2D eigenvalue weighted by atomic mass is 9.99. The fourth-order valence-electron chi connectivity index (χ4n) is 1.99. The van der Waals surface area contributed by atoms with Gasteiger partial charge in [0, 0.05) is 32.9 Å². The highest BCUT2D eigenvalue weighted by Gasteiger charge is 2.18. The quantitative estimate of drug-likeness (QED) is 0.840. The molecule has 0 unspecified atom stereocenters. The number of nitrogens with zero attached hydrogens (tertiary/aromatic N) is 2. The number of aromatic nitrogens is 2. The Morgan fingerprint density at radius 2 is 2.11 bits per heavy atom. The van der Waals surface area contributed by atoms with Crippen molar-refractivity contribution in [2.24, 2.45) is 0 Å². The van der Waals surface area contributed by atoms with Gasteiger partial charge in [0.15, 0.2) is 0 Å². The standard InChI is InChI=1S/C14H18BrN3S/c1-4-5-16-14-12(9(2)3)13(17-8-18-14)10-6-19-7-11(10)15/h6-9H,4-5H2,1-3H3,(H,16,17,18). The number of nitrogens with one attached hydrogen (secondary N) is 1. The second kappa shape index (κ2) is 6.48. The summed E-state index contributed by atoms with van der Waals surface area (Å²) in [5.74, 6) is 1.34. The second-order valence-corrected chi connectivity index (χ2v) is 6.30. The first-order chi connectivity index (χ1) is 9.15. The molecule has 0 amide bonds. The van der Waals surface area contributed by atoms with Crippen molar-refractivity contribution in [1.82, 2.24) is 9.97 Å². The highest BCUT2D eigenvalue weighted by atomic mass is 79.9. The number of anilines is 1. The zero-order valence-electron chi connectivity index (χ0n) is 11.4. The average Bonchev–Trinajstić information content (AvgIpc) is 2.81. The summed E-state index contributed by atoms with van der Waals surface area (Å²) in [5, 5.41) is 7.61. The Balaban J connectivity index is 2.52. The van der Waals surface area contributed by atoms with E-state index in [-0.39, 0.29) is 0 Å². The van der Waals surface area contributed by atoms with Crippen LogP contribution in [0.2, 0.25) is 0 Å². The molecule has 0 spiro atoms. The number of thiophene rings is 1. The van der Waals surface area contributed by atoms with Crippen LogP contribution in [0.4, 0.5) is 5.82 Å². The van der Waals surface area contributed by atoms with Crippen LogP contribution in [0.15, 0.2) is 21.6 Å². The van der Waals surface area contributed by atoms with Crippen LogP contribution < -0.4 is 5.32 Å². The molecule has 0 fully saturated rings. The molecule has 2 rings (SSSR count). The Labute approximate surface area is 126 Å². The summed E-state index contributed by atoms with van der Waals surface area (Å²) in [7, 11) is 0. The average molecular weight is 340 g/mol. The number of hydrogen-bond donors (Lipinski definition) is 1. The molecule has 0 aliphatic rings. The molecule has 0 bridgehead atoms. The lowest BCUT2D eigenvalue weighted by Crippen LogP contribution is -2.08. The van der Waals surface area contributed by atoms with Crippen molar-refractivity contribution >= 4 is 33.1 Å². The Bertz CT molecular complexity index is 551. The Morgan fingerprint density at radius 3 is 2.68 bits per heavy atom. The van der Waals surface area contributed by atoms with E-state index in [0.717, 1.165) is 34.5 Å². The van der Waals surface area contributed by atoms with E-state index in [1.54, 1.807) is 17.7 Å². The van der Waals surface area contributed by atoms with E-state index in [2.05, 4.69) is 62.7 Å². The van der Waals surface area contributed by atoms with Crippen LogP contribution >= 0.6 is 27.3 Å². The molecule has 1 N–H and O–H groups in total. The normalized spacial score (nSPS) is 11.0. The third-order valence-electron chi connectivity index (χ3n) is 2.87. The number of halogens is 1. The Kier molecular flexibility index (Phi) is 4.93. The van der Waals surface area contributed by atoms with E-state index < -0.39 is 0 Å². The van der Waals surface area contributed by atoms with Crippen LogP contribution in [-0.2, 0) is 0 Å². The molecule has 0 aromatic carbocycles. The molecule has 0 saturated carbocycles. The molecule has 19 heavy (non-hydrogen) atoms. The molecule has 102 valence electrons. The largest absolute Gasteiger partial charge is 0.370 e. The van der Waals surface area contributed by atoms with Crippen LogP contribution in [0.5, 0.6) is 0 Å². The molecule has 0 saturated heterocycles. The molecule has 0 radical (unpaired) electrons. The van der Waals surface area contributed by atoms with Gasteiger partial charge in [-0.3, -0.25) is 0 Å². The van der Waals surface area contributed by atoms with Gasteiger partial charge in [-0.2, -0.15) is 11.3 Å². The van der Waals surface area contributed by atoms with Crippen LogP contribution in [0.3, 0.4) is 0 Å². The van der Waals surface area contributed by atoms with Crippen molar-refractivity contribution in [3.05, 3.63) is 27.1 Å². The Morgan fingerprint density at radius 1 is 1.32 bits per heavy atom. The fourth-order valence-corrected chi connectivity index (χ4v) is 3.46. The van der Waals surface area contributed by atoms with Crippen molar-refractivity contribution in [1.29, 1.82) is 0 Å². The van der Waals surface area contributed by atoms with Crippen molar-refractivity contribution in [2.45, 2.75) is 33.1 Å². The zero-order chi connectivity index (χ0) is 13.8. The predicted molar refractivity (Wildman–Crippen MR) is 85.9 cm³/mol. The van der Waals surface area contributed by atoms with Gasteiger partial charge in [0.1, 0.15) is 12.1 Å². The van der Waals surface area contributed by atoms with Crippen LogP contribution in [0.1, 0.15) is 38.7 Å². The first-order valence-corrected chi connectivity index (χ1v) is 8.19. The van der Waals surface area contributed by atoms with Gasteiger partial charge in [0.2, 0.25) is 0 Å². The summed E-state index contributed by atoms with van der Waals surface area (Å²) in [6, 6.07) is 0. The van der Waals surface area contributed by atoms with E-state index >= 15 is 0 Å². The van der Waals surface area contributed by atoms with E-state index in [4.69, 9.17) is 0 Å². The molecule has 5 heteroatoms. The van der Waals surface area contributed by atoms with Crippen molar-refractivity contribution in [3.63, 3.8) is 0 Å². The van der Waals surface area contributed by atoms with Crippen molar-refractivity contribution < 1.29 is 0 Å². The molecule has 0 aliphatic carbocycles. The maximum atomic E-state index is 4.50. The van der Waals surface area contributed by atoms with Crippen molar-refractivity contribution in [2.75, 3.05) is 11.9 Å². The summed E-state index contributed by atoms with van der Waals surface area (Å²) in [5.41, 5.74) is 3.36. The molecule has 0 aliphatic heterocycles. The van der Waals surface area contributed by atoms with Crippen LogP contribution in [-0.4, -0.2) is 16.5 Å². The van der Waals surface area contributed by atoms with E-state index in [1.165, 1.54) is 5.56 Å². The van der Waals surface area contributed by atoms with Gasteiger partial charge < -0.3 is 5.32 Å². The minimum absolute atomic E-state index is 0.377. The van der Waals surface area contributed by atoms with Crippen LogP contribution in [0, 0.1) is 0 Å². The lowest BCUT2D eigenvalue weighted by molar-refractivity contribution is 0.844. The van der Waals surface area contributed by atoms with E-state index in [0.29, 0.717) is 5.92 Å².